The summed E-state index contributed by atoms with van der Waals surface area (Å²) in [5.74, 6) is -1.57. The number of benzene rings is 1. The number of amidine groups is 1. The van der Waals surface area contributed by atoms with Gasteiger partial charge in [0.15, 0.2) is 5.84 Å². The van der Waals surface area contributed by atoms with Crippen LogP contribution in [0.15, 0.2) is 23.4 Å². The minimum absolute atomic E-state index is 0.132. The minimum Gasteiger partial charge on any atom is -0.465 e. The van der Waals surface area contributed by atoms with Gasteiger partial charge in [0.25, 0.3) is 0 Å². The molecule has 1 rings (SSSR count). The Morgan fingerprint density at radius 3 is 2.50 bits per heavy atom. The molecular weight excluding hydrogens is 253 g/mol. The third-order valence-corrected chi connectivity index (χ3v) is 2.13. The Morgan fingerprint density at radius 1 is 1.44 bits per heavy atom. The zero-order chi connectivity index (χ0) is 13.9. The number of oxime groups is 1. The molecule has 0 unspecified atom stereocenters. The second kappa shape index (κ2) is 4.94. The zero-order valence-corrected chi connectivity index (χ0v) is 9.15. The molecule has 0 amide bonds. The van der Waals surface area contributed by atoms with Crippen molar-refractivity contribution in [3.63, 3.8) is 0 Å². The maximum Gasteiger partial charge on any atom is 0.417 e. The lowest BCUT2D eigenvalue weighted by Gasteiger charge is -2.12. The van der Waals surface area contributed by atoms with E-state index in [1.807, 2.05) is 0 Å². The number of nitrogens with zero attached hydrogens (tertiary/aromatic N) is 1. The van der Waals surface area contributed by atoms with Crippen LogP contribution >= 0.6 is 0 Å². The van der Waals surface area contributed by atoms with Crippen molar-refractivity contribution in [1.29, 1.82) is 0 Å². The molecule has 0 bridgehead atoms. The molecule has 0 radical (unpaired) electrons. The summed E-state index contributed by atoms with van der Waals surface area (Å²) in [6.45, 7) is 0. The third kappa shape index (κ3) is 2.70. The molecule has 0 aliphatic heterocycles. The summed E-state index contributed by atoms with van der Waals surface area (Å²) < 4.78 is 42.3. The molecule has 98 valence electrons. The fourth-order valence-corrected chi connectivity index (χ4v) is 1.30. The molecule has 18 heavy (non-hydrogen) atoms. The summed E-state index contributed by atoms with van der Waals surface area (Å²) >= 11 is 0. The molecule has 0 heterocycles. The lowest BCUT2D eigenvalue weighted by atomic mass is 10.0. The first-order valence-electron chi connectivity index (χ1n) is 4.58. The molecule has 1 aromatic carbocycles. The fourth-order valence-electron chi connectivity index (χ4n) is 1.30. The first kappa shape index (κ1) is 13.8. The van der Waals surface area contributed by atoms with Crippen LogP contribution in [0.2, 0.25) is 0 Å². The Kier molecular flexibility index (Phi) is 3.79. The van der Waals surface area contributed by atoms with Crippen molar-refractivity contribution >= 4 is 11.8 Å². The Morgan fingerprint density at radius 2 is 2.06 bits per heavy atom. The number of ether oxygens (including phenoxy) is 1. The van der Waals surface area contributed by atoms with Crippen LogP contribution in [0.4, 0.5) is 13.2 Å². The monoisotopic (exact) mass is 262 g/mol. The van der Waals surface area contributed by atoms with Gasteiger partial charge in [-0.15, -0.1) is 0 Å². The molecule has 5 nitrogen and oxygen atoms in total. The molecule has 0 atom stereocenters. The van der Waals surface area contributed by atoms with E-state index in [1.54, 1.807) is 0 Å². The molecule has 0 saturated heterocycles. The minimum atomic E-state index is -4.68. The molecule has 0 spiro atoms. The molecule has 1 aromatic rings. The quantitative estimate of drug-likeness (QED) is 0.278. The molecule has 0 aliphatic carbocycles. The number of methoxy groups -OCH3 is 1. The summed E-state index contributed by atoms with van der Waals surface area (Å²) in [5, 5.41) is 10.9. The molecule has 0 aromatic heterocycles. The zero-order valence-electron chi connectivity index (χ0n) is 9.15. The average Bonchev–Trinajstić information content (AvgIpc) is 2.35. The van der Waals surface area contributed by atoms with Crippen molar-refractivity contribution in [3.8, 4) is 0 Å². The van der Waals surface area contributed by atoms with E-state index in [4.69, 9.17) is 10.9 Å². The van der Waals surface area contributed by atoms with E-state index in [0.29, 0.717) is 6.07 Å². The van der Waals surface area contributed by atoms with Crippen LogP contribution in [-0.2, 0) is 10.9 Å². The van der Waals surface area contributed by atoms with Crippen LogP contribution in [0.25, 0.3) is 0 Å². The Labute approximate surface area is 99.6 Å². The lowest BCUT2D eigenvalue weighted by molar-refractivity contribution is -0.137. The summed E-state index contributed by atoms with van der Waals surface area (Å²) in [6, 6.07) is 2.46. The maximum absolute atomic E-state index is 12.7. The van der Waals surface area contributed by atoms with E-state index >= 15 is 0 Å². The number of hydrogen-bond acceptors (Lipinski definition) is 4. The van der Waals surface area contributed by atoms with Crippen LogP contribution in [0.1, 0.15) is 21.5 Å². The first-order valence-corrected chi connectivity index (χ1v) is 4.58. The maximum atomic E-state index is 12.7. The molecule has 0 aliphatic rings. The van der Waals surface area contributed by atoms with E-state index in [-0.39, 0.29) is 5.56 Å². The highest BCUT2D eigenvalue weighted by atomic mass is 19.4. The predicted molar refractivity (Wildman–Crippen MR) is 55.3 cm³/mol. The number of rotatable bonds is 2. The highest BCUT2D eigenvalue weighted by Crippen LogP contribution is 2.32. The number of alkyl halides is 3. The normalized spacial score (nSPS) is 12.3. The highest BCUT2D eigenvalue weighted by Gasteiger charge is 2.34. The Balaban J connectivity index is 3.44. The largest absolute Gasteiger partial charge is 0.465 e. The summed E-state index contributed by atoms with van der Waals surface area (Å²) in [7, 11) is 1.09. The van der Waals surface area contributed by atoms with Gasteiger partial charge in [-0.25, -0.2) is 4.79 Å². The van der Waals surface area contributed by atoms with Crippen LogP contribution in [0.5, 0.6) is 0 Å². The average molecular weight is 262 g/mol. The van der Waals surface area contributed by atoms with Gasteiger partial charge in [-0.05, 0) is 18.2 Å². The van der Waals surface area contributed by atoms with Gasteiger partial charge >= 0.3 is 12.1 Å². The van der Waals surface area contributed by atoms with E-state index in [1.165, 1.54) is 0 Å². The number of halogens is 3. The van der Waals surface area contributed by atoms with Crippen molar-refractivity contribution in [1.82, 2.24) is 0 Å². The van der Waals surface area contributed by atoms with Crippen molar-refractivity contribution in [2.45, 2.75) is 6.18 Å². The molecule has 8 heteroatoms. The van der Waals surface area contributed by atoms with Gasteiger partial charge in [0.05, 0.1) is 18.2 Å². The lowest BCUT2D eigenvalue weighted by Crippen LogP contribution is -2.21. The standard InChI is InChI=1S/C10H9F3N2O3/c1-18-9(16)5-2-3-7(10(11,12)13)6(4-5)8(14)15-17/h2-4,17H,1H3,(H2,14,15). The second-order valence-corrected chi connectivity index (χ2v) is 3.23. The van der Waals surface area contributed by atoms with E-state index < -0.39 is 29.1 Å². The SMILES string of the molecule is COC(=O)c1ccc(C(F)(F)F)c(/C(N)=N\O)c1. The number of esters is 1. The van der Waals surface area contributed by atoms with Crippen LogP contribution < -0.4 is 5.73 Å². The summed E-state index contributed by atoms with van der Waals surface area (Å²) in [4.78, 5) is 11.2. The topological polar surface area (TPSA) is 84.9 Å². The van der Waals surface area contributed by atoms with Gasteiger partial charge < -0.3 is 15.7 Å². The second-order valence-electron chi connectivity index (χ2n) is 3.23. The number of carbonyl (C=O) groups is 1. The van der Waals surface area contributed by atoms with E-state index in [9.17, 15) is 18.0 Å². The summed E-state index contributed by atoms with van der Waals surface area (Å²) in [5.41, 5.74) is 3.32. The predicted octanol–water partition coefficient (Wildman–Crippen LogP) is 1.59. The first-order chi connectivity index (χ1) is 8.31. The third-order valence-electron chi connectivity index (χ3n) is 2.13. The van der Waals surface area contributed by atoms with Crippen molar-refractivity contribution < 1.29 is 27.9 Å². The number of hydrogen-bond donors (Lipinski definition) is 2. The van der Waals surface area contributed by atoms with Crippen molar-refractivity contribution in [2.75, 3.05) is 7.11 Å². The van der Waals surface area contributed by atoms with Gasteiger partial charge in [0.2, 0.25) is 0 Å². The van der Waals surface area contributed by atoms with E-state index in [0.717, 1.165) is 19.2 Å². The number of nitrogens with two attached hydrogens (primary N) is 1. The Hall–Kier alpha value is -2.25. The highest BCUT2D eigenvalue weighted by molar-refractivity contribution is 6.01. The van der Waals surface area contributed by atoms with Crippen molar-refractivity contribution in [3.05, 3.63) is 34.9 Å². The van der Waals surface area contributed by atoms with Crippen LogP contribution in [0.3, 0.4) is 0 Å². The Bertz CT molecular complexity index is 498. The van der Waals surface area contributed by atoms with Gasteiger partial charge in [0.1, 0.15) is 0 Å². The molecule has 0 saturated carbocycles. The molecule has 3 N–H and O–H groups in total. The van der Waals surface area contributed by atoms with Gasteiger partial charge in [-0.1, -0.05) is 5.16 Å². The van der Waals surface area contributed by atoms with E-state index in [2.05, 4.69) is 9.89 Å². The molecule has 0 fully saturated rings. The molecular formula is C10H9F3N2O3. The summed E-state index contributed by atoms with van der Waals surface area (Å²) in [6.07, 6.45) is -4.68. The van der Waals surface area contributed by atoms with Gasteiger partial charge in [-0.3, -0.25) is 0 Å². The van der Waals surface area contributed by atoms with Crippen molar-refractivity contribution in [2.24, 2.45) is 10.9 Å². The van der Waals surface area contributed by atoms with Crippen LogP contribution in [-0.4, -0.2) is 24.1 Å². The van der Waals surface area contributed by atoms with Gasteiger partial charge in [0, 0.05) is 5.56 Å². The smallest absolute Gasteiger partial charge is 0.417 e. The van der Waals surface area contributed by atoms with Crippen LogP contribution in [0, 0.1) is 0 Å². The number of carbonyl (C=O) groups excluding carboxylic acids is 1. The van der Waals surface area contributed by atoms with Gasteiger partial charge in [-0.2, -0.15) is 13.2 Å². The fraction of sp³-hybridized carbons (Fsp3) is 0.200.